The molecule has 94 valence electrons. The molecule has 0 aliphatic carbocycles. The highest BCUT2D eigenvalue weighted by Crippen LogP contribution is 2.18. The van der Waals surface area contributed by atoms with Gasteiger partial charge < -0.3 is 0 Å². The van der Waals surface area contributed by atoms with Crippen LogP contribution >= 0.6 is 0 Å². The van der Waals surface area contributed by atoms with Gasteiger partial charge in [-0.15, -0.1) is 0 Å². The molecule has 0 aliphatic rings. The molecule has 2 heterocycles. The minimum Gasteiger partial charge on any atom is -0.223 e. The fraction of sp³-hybridized carbons (Fsp3) is 0.154. The summed E-state index contributed by atoms with van der Waals surface area (Å²) in [6, 6.07) is 7.84. The van der Waals surface area contributed by atoms with Crippen molar-refractivity contribution >= 4 is 0 Å². The monoisotopic (exact) mass is 252 g/mol. The highest BCUT2D eigenvalue weighted by molar-refractivity contribution is 5.58. The Balaban J connectivity index is 2.08. The maximum absolute atomic E-state index is 4.36. The van der Waals surface area contributed by atoms with Crippen LogP contribution in [0.25, 0.3) is 17.1 Å². The van der Waals surface area contributed by atoms with Crippen molar-refractivity contribution in [2.45, 2.75) is 13.8 Å². The van der Waals surface area contributed by atoms with Crippen LogP contribution in [0.1, 0.15) is 11.6 Å². The van der Waals surface area contributed by atoms with E-state index in [1.54, 1.807) is 11.0 Å². The molecule has 0 aliphatic heterocycles. The van der Waals surface area contributed by atoms with Crippen molar-refractivity contribution in [3.63, 3.8) is 0 Å². The van der Waals surface area contributed by atoms with Crippen molar-refractivity contribution in [3.8, 4) is 17.1 Å². The lowest BCUT2D eigenvalue weighted by Gasteiger charge is -2.05. The second-order valence-electron chi connectivity index (χ2n) is 4.14. The van der Waals surface area contributed by atoms with Crippen molar-refractivity contribution in [1.29, 1.82) is 0 Å². The van der Waals surface area contributed by atoms with Crippen LogP contribution in [0.4, 0.5) is 0 Å². The van der Waals surface area contributed by atoms with E-state index in [9.17, 15) is 0 Å². The third-order valence-corrected chi connectivity index (χ3v) is 2.65. The number of aromatic nitrogens is 6. The zero-order chi connectivity index (χ0) is 13.2. The molecule has 2 aromatic heterocycles. The quantitative estimate of drug-likeness (QED) is 0.694. The van der Waals surface area contributed by atoms with E-state index in [0.717, 1.165) is 11.3 Å². The molecule has 0 bridgehead atoms. The maximum atomic E-state index is 4.36. The van der Waals surface area contributed by atoms with E-state index in [1.165, 1.54) is 6.33 Å². The number of rotatable bonds is 2. The van der Waals surface area contributed by atoms with Crippen LogP contribution in [0.15, 0.2) is 36.9 Å². The lowest BCUT2D eigenvalue weighted by molar-refractivity contribution is 0.878. The molecule has 0 amide bonds. The molecular weight excluding hydrogens is 240 g/mol. The second-order valence-corrected chi connectivity index (χ2v) is 4.14. The van der Waals surface area contributed by atoms with Crippen LogP contribution in [0.5, 0.6) is 0 Å². The van der Waals surface area contributed by atoms with Gasteiger partial charge in [-0.25, -0.2) is 24.6 Å². The molecule has 6 heteroatoms. The van der Waals surface area contributed by atoms with E-state index in [1.807, 2.05) is 38.1 Å². The number of benzene rings is 1. The summed E-state index contributed by atoms with van der Waals surface area (Å²) in [5.74, 6) is 2.11. The molecule has 3 rings (SSSR count). The minimum absolute atomic E-state index is 0.673. The summed E-state index contributed by atoms with van der Waals surface area (Å²) in [7, 11) is 0. The Morgan fingerprint density at radius 3 is 2.47 bits per heavy atom. The molecule has 6 nitrogen and oxygen atoms in total. The fourth-order valence-electron chi connectivity index (χ4n) is 1.87. The Bertz CT molecular complexity index is 685. The highest BCUT2D eigenvalue weighted by atomic mass is 15.3. The van der Waals surface area contributed by atoms with Gasteiger partial charge in [-0.1, -0.05) is 12.1 Å². The zero-order valence-corrected chi connectivity index (χ0v) is 10.6. The predicted octanol–water partition coefficient (Wildman–Crippen LogP) is 1.74. The Morgan fingerprint density at radius 1 is 1.00 bits per heavy atom. The normalized spacial score (nSPS) is 10.6. The first kappa shape index (κ1) is 11.5. The highest BCUT2D eigenvalue weighted by Gasteiger charge is 2.06. The third-order valence-electron chi connectivity index (χ3n) is 2.65. The molecule has 0 fully saturated rings. The van der Waals surface area contributed by atoms with Crippen LogP contribution < -0.4 is 0 Å². The van der Waals surface area contributed by atoms with E-state index in [0.29, 0.717) is 17.5 Å². The Kier molecular flexibility index (Phi) is 2.75. The van der Waals surface area contributed by atoms with Crippen molar-refractivity contribution in [2.75, 3.05) is 0 Å². The average molecular weight is 252 g/mol. The summed E-state index contributed by atoms with van der Waals surface area (Å²) in [6.07, 6.45) is 3.16. The summed E-state index contributed by atoms with van der Waals surface area (Å²) < 4.78 is 1.70. The van der Waals surface area contributed by atoms with Crippen LogP contribution in [0, 0.1) is 13.8 Å². The first-order chi connectivity index (χ1) is 9.22. The molecule has 0 spiro atoms. The Labute approximate surface area is 110 Å². The van der Waals surface area contributed by atoms with E-state index in [-0.39, 0.29) is 0 Å². The molecule has 0 N–H and O–H groups in total. The molecule has 1 aromatic carbocycles. The maximum Gasteiger partial charge on any atom is 0.163 e. The average Bonchev–Trinajstić information content (AvgIpc) is 2.92. The number of hydrogen-bond donors (Lipinski definition) is 0. The summed E-state index contributed by atoms with van der Waals surface area (Å²) in [6.45, 7) is 3.72. The van der Waals surface area contributed by atoms with E-state index >= 15 is 0 Å². The molecule has 0 saturated heterocycles. The molecule has 0 saturated carbocycles. The molecule has 0 atom stereocenters. The molecular formula is C13H12N6. The lowest BCUT2D eigenvalue weighted by atomic mass is 10.2. The SMILES string of the molecule is Cc1nc(C)nc(-c2cccc(-n3cncn3)c2)n1. The summed E-state index contributed by atoms with van der Waals surface area (Å²) in [4.78, 5) is 16.8. The van der Waals surface area contributed by atoms with Crippen molar-refractivity contribution < 1.29 is 0 Å². The Hall–Kier alpha value is -2.63. The summed E-state index contributed by atoms with van der Waals surface area (Å²) >= 11 is 0. The van der Waals surface area contributed by atoms with Gasteiger partial charge in [-0.05, 0) is 26.0 Å². The summed E-state index contributed by atoms with van der Waals surface area (Å²) in [5.41, 5.74) is 1.85. The van der Waals surface area contributed by atoms with Gasteiger partial charge in [0.05, 0.1) is 5.69 Å². The van der Waals surface area contributed by atoms with Crippen molar-refractivity contribution in [2.24, 2.45) is 0 Å². The van der Waals surface area contributed by atoms with Gasteiger partial charge in [0.2, 0.25) is 0 Å². The van der Waals surface area contributed by atoms with Gasteiger partial charge in [0.25, 0.3) is 0 Å². The number of aryl methyl sites for hydroxylation is 2. The predicted molar refractivity (Wildman–Crippen MR) is 69.7 cm³/mol. The van der Waals surface area contributed by atoms with E-state index in [4.69, 9.17) is 0 Å². The van der Waals surface area contributed by atoms with Crippen LogP contribution in [-0.2, 0) is 0 Å². The van der Waals surface area contributed by atoms with E-state index < -0.39 is 0 Å². The molecule has 19 heavy (non-hydrogen) atoms. The van der Waals surface area contributed by atoms with Gasteiger partial charge in [0.15, 0.2) is 5.82 Å². The van der Waals surface area contributed by atoms with Crippen LogP contribution in [0.2, 0.25) is 0 Å². The first-order valence-corrected chi connectivity index (χ1v) is 5.87. The number of nitrogens with zero attached hydrogens (tertiary/aromatic N) is 6. The smallest absolute Gasteiger partial charge is 0.163 e. The summed E-state index contributed by atoms with van der Waals surface area (Å²) in [5, 5.41) is 4.11. The van der Waals surface area contributed by atoms with Gasteiger partial charge in [-0.3, -0.25) is 0 Å². The molecule has 0 unspecified atom stereocenters. The lowest BCUT2D eigenvalue weighted by Crippen LogP contribution is -2.00. The van der Waals surface area contributed by atoms with E-state index in [2.05, 4.69) is 25.0 Å². The van der Waals surface area contributed by atoms with Gasteiger partial charge in [0.1, 0.15) is 24.3 Å². The van der Waals surface area contributed by atoms with Crippen LogP contribution in [-0.4, -0.2) is 29.7 Å². The van der Waals surface area contributed by atoms with Crippen LogP contribution in [0.3, 0.4) is 0 Å². The minimum atomic E-state index is 0.673. The Morgan fingerprint density at radius 2 is 1.79 bits per heavy atom. The van der Waals surface area contributed by atoms with Crippen molar-refractivity contribution in [3.05, 3.63) is 48.6 Å². The first-order valence-electron chi connectivity index (χ1n) is 5.87. The topological polar surface area (TPSA) is 69.4 Å². The fourth-order valence-corrected chi connectivity index (χ4v) is 1.87. The zero-order valence-electron chi connectivity index (χ0n) is 10.6. The molecule has 0 radical (unpaired) electrons. The standard InChI is InChI=1S/C13H12N6/c1-9-16-10(2)18-13(17-9)11-4-3-5-12(6-11)19-8-14-7-15-19/h3-8H,1-2H3. The van der Waals surface area contributed by atoms with Gasteiger partial charge in [0, 0.05) is 5.56 Å². The third kappa shape index (κ3) is 2.33. The van der Waals surface area contributed by atoms with Gasteiger partial charge >= 0.3 is 0 Å². The number of hydrogen-bond acceptors (Lipinski definition) is 5. The van der Waals surface area contributed by atoms with Crippen molar-refractivity contribution in [1.82, 2.24) is 29.7 Å². The second kappa shape index (κ2) is 4.56. The molecule has 3 aromatic rings. The largest absolute Gasteiger partial charge is 0.223 e. The van der Waals surface area contributed by atoms with Gasteiger partial charge in [-0.2, -0.15) is 5.10 Å².